The molecule has 7 nitrogen and oxygen atoms in total. The summed E-state index contributed by atoms with van der Waals surface area (Å²) in [5, 5.41) is 9.49. The zero-order valence-electron chi connectivity index (χ0n) is 16.2. The summed E-state index contributed by atoms with van der Waals surface area (Å²) in [6.45, 7) is 2.00. The molecule has 3 aromatic heterocycles. The molecule has 1 aliphatic heterocycles. The van der Waals surface area contributed by atoms with Crippen LogP contribution in [0.3, 0.4) is 0 Å². The van der Waals surface area contributed by atoms with Gasteiger partial charge in [0.15, 0.2) is 0 Å². The lowest BCUT2D eigenvalue weighted by molar-refractivity contribution is -0.00541. The van der Waals surface area contributed by atoms with Crippen LogP contribution < -0.4 is 4.90 Å². The summed E-state index contributed by atoms with van der Waals surface area (Å²) in [4.78, 5) is 10.9. The molecule has 0 amide bonds. The first kappa shape index (κ1) is 18.5. The number of methoxy groups -OCH3 is 1. The first-order valence-electron chi connectivity index (χ1n) is 9.93. The molecule has 2 aliphatic rings. The number of fused-ring (bicyclic) bond motifs is 1. The molecule has 0 radical (unpaired) electrons. The molecule has 2 fully saturated rings. The monoisotopic (exact) mass is 410 g/mol. The van der Waals surface area contributed by atoms with Crippen LogP contribution in [0.2, 0.25) is 5.02 Å². The van der Waals surface area contributed by atoms with E-state index in [1.807, 2.05) is 35.1 Å². The van der Waals surface area contributed by atoms with Crippen LogP contribution in [0.5, 0.6) is 0 Å². The molecule has 150 valence electrons. The summed E-state index contributed by atoms with van der Waals surface area (Å²) in [6, 6.07) is 7.99. The first-order chi connectivity index (χ1) is 14.2. The maximum Gasteiger partial charge on any atom is 0.128 e. The van der Waals surface area contributed by atoms with Gasteiger partial charge in [-0.3, -0.25) is 4.98 Å². The molecular formula is C21H23ClN6O. The van der Waals surface area contributed by atoms with Gasteiger partial charge in [-0.15, -0.1) is 5.10 Å². The second kappa shape index (κ2) is 7.72. The van der Waals surface area contributed by atoms with Crippen LogP contribution in [0.25, 0.3) is 11.3 Å². The van der Waals surface area contributed by atoms with E-state index in [0.717, 1.165) is 43.0 Å². The van der Waals surface area contributed by atoms with E-state index < -0.39 is 0 Å². The Morgan fingerprint density at radius 2 is 1.86 bits per heavy atom. The van der Waals surface area contributed by atoms with Crippen LogP contribution in [-0.4, -0.2) is 51.3 Å². The Labute approximate surface area is 174 Å². The smallest absolute Gasteiger partial charge is 0.128 e. The third-order valence-corrected chi connectivity index (χ3v) is 6.47. The molecule has 4 atom stereocenters. The zero-order chi connectivity index (χ0) is 19.8. The summed E-state index contributed by atoms with van der Waals surface area (Å²) < 4.78 is 7.88. The molecule has 29 heavy (non-hydrogen) atoms. The van der Waals surface area contributed by atoms with Gasteiger partial charge in [-0.2, -0.15) is 0 Å². The molecule has 0 unspecified atom stereocenters. The Kier molecular flexibility index (Phi) is 4.93. The number of rotatable bonds is 4. The van der Waals surface area contributed by atoms with E-state index in [-0.39, 0.29) is 12.1 Å². The molecule has 8 heteroatoms. The van der Waals surface area contributed by atoms with Crippen molar-refractivity contribution in [3.8, 4) is 11.3 Å². The summed E-state index contributed by atoms with van der Waals surface area (Å²) in [7, 11) is 1.80. The molecular weight excluding hydrogens is 388 g/mol. The number of nitrogens with zero attached hydrogens (tertiary/aromatic N) is 6. The Morgan fingerprint density at radius 3 is 2.59 bits per heavy atom. The predicted molar refractivity (Wildman–Crippen MR) is 111 cm³/mol. The fraction of sp³-hybridized carbons (Fsp3) is 0.429. The first-order valence-corrected chi connectivity index (χ1v) is 10.3. The highest BCUT2D eigenvalue weighted by molar-refractivity contribution is 6.30. The van der Waals surface area contributed by atoms with E-state index >= 15 is 0 Å². The lowest BCUT2D eigenvalue weighted by Gasteiger charge is -2.36. The molecule has 5 rings (SSSR count). The molecule has 1 aliphatic carbocycles. The van der Waals surface area contributed by atoms with Gasteiger partial charge in [0.2, 0.25) is 0 Å². The zero-order valence-corrected chi connectivity index (χ0v) is 17.0. The fourth-order valence-electron chi connectivity index (χ4n) is 4.76. The van der Waals surface area contributed by atoms with Crippen LogP contribution in [0, 0.1) is 11.8 Å². The highest BCUT2D eigenvalue weighted by Gasteiger charge is 2.43. The summed E-state index contributed by atoms with van der Waals surface area (Å²) >= 11 is 5.99. The van der Waals surface area contributed by atoms with E-state index in [9.17, 15) is 0 Å². The van der Waals surface area contributed by atoms with Gasteiger partial charge < -0.3 is 9.64 Å². The minimum absolute atomic E-state index is 0.126. The van der Waals surface area contributed by atoms with E-state index in [1.54, 1.807) is 25.7 Å². The minimum Gasteiger partial charge on any atom is -0.379 e. The van der Waals surface area contributed by atoms with Gasteiger partial charge >= 0.3 is 0 Å². The van der Waals surface area contributed by atoms with Crippen LogP contribution in [-0.2, 0) is 4.74 Å². The predicted octanol–water partition coefficient (Wildman–Crippen LogP) is 3.49. The Balaban J connectivity index is 1.35. The number of pyridine rings is 2. The SMILES string of the molecule is CO[C@@H]1C[C@H]2CN(c3ccc(Cl)cn3)C[C@H]2C[C@H]1n1cc(-c2ccncc2)nn1. The van der Waals surface area contributed by atoms with Gasteiger partial charge in [0, 0.05) is 44.4 Å². The van der Waals surface area contributed by atoms with Crippen molar-refractivity contribution < 1.29 is 4.74 Å². The molecule has 0 bridgehead atoms. The van der Waals surface area contributed by atoms with Gasteiger partial charge in [0.05, 0.1) is 23.4 Å². The Bertz CT molecular complexity index is 963. The van der Waals surface area contributed by atoms with E-state index in [0.29, 0.717) is 16.9 Å². The van der Waals surface area contributed by atoms with Gasteiger partial charge in [0.25, 0.3) is 0 Å². The van der Waals surface area contributed by atoms with Crippen molar-refractivity contribution in [1.82, 2.24) is 25.0 Å². The third kappa shape index (κ3) is 3.60. The van der Waals surface area contributed by atoms with Gasteiger partial charge in [-0.05, 0) is 48.9 Å². The number of halogens is 1. The number of ether oxygens (including phenoxy) is 1. The van der Waals surface area contributed by atoms with Gasteiger partial charge in [-0.1, -0.05) is 16.8 Å². The van der Waals surface area contributed by atoms with Crippen molar-refractivity contribution in [3.05, 3.63) is 54.1 Å². The second-order valence-electron chi connectivity index (χ2n) is 7.89. The summed E-state index contributed by atoms with van der Waals surface area (Å²) in [6.07, 6.45) is 9.45. The normalized spacial score (nSPS) is 26.5. The quantitative estimate of drug-likeness (QED) is 0.655. The van der Waals surface area contributed by atoms with Gasteiger partial charge in [0.1, 0.15) is 11.5 Å². The van der Waals surface area contributed by atoms with Crippen molar-refractivity contribution in [2.45, 2.75) is 25.0 Å². The van der Waals surface area contributed by atoms with Crippen molar-refractivity contribution in [2.24, 2.45) is 11.8 Å². The van der Waals surface area contributed by atoms with E-state index in [2.05, 4.69) is 25.2 Å². The molecule has 0 aromatic carbocycles. The van der Waals surface area contributed by atoms with Crippen LogP contribution in [0.15, 0.2) is 49.1 Å². The maximum absolute atomic E-state index is 5.99. The number of aromatic nitrogens is 5. The Morgan fingerprint density at radius 1 is 1.07 bits per heavy atom. The molecule has 4 heterocycles. The molecule has 1 saturated carbocycles. The van der Waals surface area contributed by atoms with Gasteiger partial charge in [-0.25, -0.2) is 9.67 Å². The molecule has 3 aromatic rings. The summed E-state index contributed by atoms with van der Waals surface area (Å²) in [5.74, 6) is 2.17. The molecule has 1 saturated heterocycles. The topological polar surface area (TPSA) is 69.0 Å². The van der Waals surface area contributed by atoms with Crippen molar-refractivity contribution >= 4 is 17.4 Å². The maximum atomic E-state index is 5.99. The van der Waals surface area contributed by atoms with Crippen LogP contribution in [0.1, 0.15) is 18.9 Å². The lowest BCUT2D eigenvalue weighted by Crippen LogP contribution is -2.37. The van der Waals surface area contributed by atoms with Crippen LogP contribution in [0.4, 0.5) is 5.82 Å². The molecule has 0 N–H and O–H groups in total. The van der Waals surface area contributed by atoms with E-state index in [4.69, 9.17) is 16.3 Å². The fourth-order valence-corrected chi connectivity index (χ4v) is 4.87. The number of hydrogen-bond acceptors (Lipinski definition) is 6. The average molecular weight is 411 g/mol. The minimum atomic E-state index is 0.126. The largest absolute Gasteiger partial charge is 0.379 e. The highest BCUT2D eigenvalue weighted by Crippen LogP contribution is 2.43. The molecule has 0 spiro atoms. The average Bonchev–Trinajstić information content (AvgIpc) is 3.41. The standard InChI is InChI=1S/C21H23ClN6O/c1-29-20-9-16-12-27(21-3-2-17(22)10-24-21)11-15(16)8-19(20)28-13-18(25-26-28)14-4-6-23-7-5-14/h2-7,10,13,15-16,19-20H,8-9,11-12H2,1H3/t15-,16+,19-,20-/m1/s1. The number of hydrogen-bond donors (Lipinski definition) is 0. The lowest BCUT2D eigenvalue weighted by atomic mass is 9.77. The van der Waals surface area contributed by atoms with Crippen molar-refractivity contribution in [2.75, 3.05) is 25.1 Å². The van der Waals surface area contributed by atoms with Crippen molar-refractivity contribution in [1.29, 1.82) is 0 Å². The van der Waals surface area contributed by atoms with Crippen molar-refractivity contribution in [3.63, 3.8) is 0 Å². The highest BCUT2D eigenvalue weighted by atomic mass is 35.5. The third-order valence-electron chi connectivity index (χ3n) is 6.25. The second-order valence-corrected chi connectivity index (χ2v) is 8.33. The van der Waals surface area contributed by atoms with E-state index in [1.165, 1.54) is 0 Å². The summed E-state index contributed by atoms with van der Waals surface area (Å²) in [5.41, 5.74) is 1.89. The number of anilines is 1. The van der Waals surface area contributed by atoms with Crippen LogP contribution >= 0.6 is 11.6 Å². The Hall–Kier alpha value is -2.51.